The van der Waals surface area contributed by atoms with Gasteiger partial charge in [-0.1, -0.05) is 0 Å². The van der Waals surface area contributed by atoms with E-state index in [1.807, 2.05) is 5.38 Å². The summed E-state index contributed by atoms with van der Waals surface area (Å²) in [6.45, 7) is 1.26. The summed E-state index contributed by atoms with van der Waals surface area (Å²) < 4.78 is 0. The average Bonchev–Trinajstić information content (AvgIpc) is 2.84. The predicted molar refractivity (Wildman–Crippen MR) is 56.1 cm³/mol. The lowest BCUT2D eigenvalue weighted by Crippen LogP contribution is -2.27. The molecule has 15 heavy (non-hydrogen) atoms. The topological polar surface area (TPSA) is 57.0 Å². The van der Waals surface area contributed by atoms with Crippen LogP contribution < -0.4 is 0 Å². The fourth-order valence-corrected chi connectivity index (χ4v) is 2.28. The van der Waals surface area contributed by atoms with Gasteiger partial charge >= 0.3 is 0 Å². The largest absolute Gasteiger partial charge is 0.341 e. The number of rotatable bonds is 3. The Bertz CT molecular complexity index is 382. The summed E-state index contributed by atoms with van der Waals surface area (Å²) in [6, 6.07) is 2.14. The molecule has 1 saturated heterocycles. The van der Waals surface area contributed by atoms with Crippen LogP contribution in [0.1, 0.15) is 12.1 Å². The van der Waals surface area contributed by atoms with Crippen molar-refractivity contribution in [3.05, 3.63) is 16.6 Å². The second-order valence-corrected chi connectivity index (χ2v) is 4.32. The maximum absolute atomic E-state index is 11.5. The van der Waals surface area contributed by atoms with Gasteiger partial charge < -0.3 is 4.90 Å². The number of amides is 1. The third kappa shape index (κ3) is 2.34. The number of hydrogen-bond donors (Lipinski definition) is 0. The third-order valence-corrected chi connectivity index (χ3v) is 3.15. The van der Waals surface area contributed by atoms with Crippen LogP contribution in [0, 0.1) is 17.2 Å². The summed E-state index contributed by atoms with van der Waals surface area (Å²) in [5, 5.41) is 10.7. The van der Waals surface area contributed by atoms with Crippen LogP contribution in [0.5, 0.6) is 0 Å². The first-order chi connectivity index (χ1) is 7.29. The maximum atomic E-state index is 11.5. The van der Waals surface area contributed by atoms with Crippen molar-refractivity contribution in [1.29, 1.82) is 5.26 Å². The Morgan fingerprint density at radius 1 is 1.73 bits per heavy atom. The molecule has 2 heterocycles. The van der Waals surface area contributed by atoms with E-state index >= 15 is 0 Å². The summed E-state index contributed by atoms with van der Waals surface area (Å²) in [5.74, 6) is -0.0234. The van der Waals surface area contributed by atoms with Crippen molar-refractivity contribution < 1.29 is 4.79 Å². The number of thiazole rings is 1. The summed E-state index contributed by atoms with van der Waals surface area (Å²) >= 11 is 1.56. The highest BCUT2D eigenvalue weighted by Crippen LogP contribution is 2.17. The zero-order chi connectivity index (χ0) is 10.7. The van der Waals surface area contributed by atoms with E-state index in [9.17, 15) is 4.79 Å². The smallest absolute Gasteiger partial charge is 0.224 e. The Morgan fingerprint density at radius 2 is 2.60 bits per heavy atom. The van der Waals surface area contributed by atoms with Gasteiger partial charge in [0.15, 0.2) is 0 Å². The molecule has 1 aromatic rings. The lowest BCUT2D eigenvalue weighted by molar-refractivity contribution is -0.127. The van der Waals surface area contributed by atoms with Crippen LogP contribution >= 0.6 is 11.3 Å². The van der Waals surface area contributed by atoms with Gasteiger partial charge in [0, 0.05) is 31.3 Å². The van der Waals surface area contributed by atoms with Gasteiger partial charge in [-0.25, -0.2) is 4.98 Å². The van der Waals surface area contributed by atoms with Crippen LogP contribution in [0.15, 0.2) is 10.9 Å². The Balaban J connectivity index is 1.86. The van der Waals surface area contributed by atoms with Gasteiger partial charge in [0.2, 0.25) is 5.91 Å². The molecule has 2 rings (SSSR count). The third-order valence-electron chi connectivity index (χ3n) is 2.52. The molecule has 0 spiro atoms. The Hall–Kier alpha value is -1.41. The SMILES string of the molecule is N#CC1CC(=O)N(CCc2cscn2)C1. The number of hydrogen-bond acceptors (Lipinski definition) is 4. The molecule has 1 aromatic heterocycles. The van der Waals surface area contributed by atoms with Gasteiger partial charge in [-0.05, 0) is 0 Å². The van der Waals surface area contributed by atoms with Crippen LogP contribution in [-0.2, 0) is 11.2 Å². The fourth-order valence-electron chi connectivity index (χ4n) is 1.69. The first-order valence-electron chi connectivity index (χ1n) is 4.84. The minimum atomic E-state index is -0.118. The lowest BCUT2D eigenvalue weighted by atomic mass is 10.1. The molecular formula is C10H11N3OS. The average molecular weight is 221 g/mol. The van der Waals surface area contributed by atoms with Crippen molar-refractivity contribution in [1.82, 2.24) is 9.88 Å². The van der Waals surface area contributed by atoms with Crippen molar-refractivity contribution in [2.45, 2.75) is 12.8 Å². The van der Waals surface area contributed by atoms with Crippen molar-refractivity contribution in [2.75, 3.05) is 13.1 Å². The second-order valence-electron chi connectivity index (χ2n) is 3.60. The van der Waals surface area contributed by atoms with E-state index < -0.39 is 0 Å². The van der Waals surface area contributed by atoms with E-state index in [1.54, 1.807) is 21.7 Å². The first kappa shape index (κ1) is 10.1. The van der Waals surface area contributed by atoms with Gasteiger partial charge in [-0.2, -0.15) is 5.26 Å². The van der Waals surface area contributed by atoms with Gasteiger partial charge in [0.25, 0.3) is 0 Å². The molecule has 4 nitrogen and oxygen atoms in total. The molecular weight excluding hydrogens is 210 g/mol. The summed E-state index contributed by atoms with van der Waals surface area (Å²) in [6.07, 6.45) is 1.17. The maximum Gasteiger partial charge on any atom is 0.224 e. The van der Waals surface area contributed by atoms with Gasteiger partial charge in [0.05, 0.1) is 23.2 Å². The molecule has 1 fully saturated rings. The normalized spacial score (nSPS) is 20.6. The summed E-state index contributed by atoms with van der Waals surface area (Å²) in [4.78, 5) is 17.4. The Kier molecular flexibility index (Phi) is 2.97. The van der Waals surface area contributed by atoms with Crippen molar-refractivity contribution in [3.8, 4) is 6.07 Å². The summed E-state index contributed by atoms with van der Waals surface area (Å²) in [5.41, 5.74) is 2.81. The molecule has 0 N–H and O–H groups in total. The van der Waals surface area contributed by atoms with E-state index in [4.69, 9.17) is 5.26 Å². The van der Waals surface area contributed by atoms with Crippen LogP contribution in [0.3, 0.4) is 0 Å². The fraction of sp³-hybridized carbons (Fsp3) is 0.500. The lowest BCUT2D eigenvalue weighted by Gasteiger charge is -2.14. The predicted octanol–water partition coefficient (Wildman–Crippen LogP) is 1.06. The van der Waals surface area contributed by atoms with Crippen LogP contribution in [0.25, 0.3) is 0 Å². The molecule has 0 saturated carbocycles. The quantitative estimate of drug-likeness (QED) is 0.766. The van der Waals surface area contributed by atoms with Gasteiger partial charge in [-0.15, -0.1) is 11.3 Å². The monoisotopic (exact) mass is 221 g/mol. The van der Waals surface area contributed by atoms with Crippen molar-refractivity contribution in [2.24, 2.45) is 5.92 Å². The first-order valence-corrected chi connectivity index (χ1v) is 5.78. The second kappa shape index (κ2) is 4.41. The van der Waals surface area contributed by atoms with Crippen LogP contribution in [0.4, 0.5) is 0 Å². The zero-order valence-corrected chi connectivity index (χ0v) is 9.04. The van der Waals surface area contributed by atoms with Crippen molar-refractivity contribution >= 4 is 17.2 Å². The molecule has 5 heteroatoms. The molecule has 0 radical (unpaired) electrons. The van der Waals surface area contributed by atoms with Crippen LogP contribution in [0.2, 0.25) is 0 Å². The Morgan fingerprint density at radius 3 is 3.20 bits per heavy atom. The molecule has 0 aliphatic carbocycles. The molecule has 1 aliphatic rings. The van der Waals surface area contributed by atoms with E-state index in [0.717, 1.165) is 12.1 Å². The highest BCUT2D eigenvalue weighted by Gasteiger charge is 2.28. The molecule has 1 atom stereocenters. The molecule has 0 aromatic carbocycles. The molecule has 78 valence electrons. The highest BCUT2D eigenvalue weighted by molar-refractivity contribution is 7.07. The minimum Gasteiger partial charge on any atom is -0.341 e. The van der Waals surface area contributed by atoms with E-state index in [2.05, 4.69) is 11.1 Å². The van der Waals surface area contributed by atoms with Gasteiger partial charge in [-0.3, -0.25) is 4.79 Å². The molecule has 1 amide bonds. The number of carbonyl (C=O) groups excluding carboxylic acids is 1. The van der Waals surface area contributed by atoms with E-state index in [0.29, 0.717) is 19.5 Å². The van der Waals surface area contributed by atoms with Crippen molar-refractivity contribution in [3.63, 3.8) is 0 Å². The number of likely N-dealkylation sites (tertiary alicyclic amines) is 1. The molecule has 0 bridgehead atoms. The molecule has 1 unspecified atom stereocenters. The summed E-state index contributed by atoms with van der Waals surface area (Å²) in [7, 11) is 0. The molecule has 1 aliphatic heterocycles. The van der Waals surface area contributed by atoms with E-state index in [1.165, 1.54) is 0 Å². The van der Waals surface area contributed by atoms with Gasteiger partial charge in [0.1, 0.15) is 0 Å². The number of nitriles is 1. The standard InChI is InChI=1S/C10H11N3OS/c11-4-8-3-10(14)13(5-8)2-1-9-6-15-7-12-9/h6-8H,1-3,5H2. The number of carbonyl (C=O) groups is 1. The minimum absolute atomic E-state index is 0.0942. The van der Waals surface area contributed by atoms with Crippen LogP contribution in [-0.4, -0.2) is 28.9 Å². The number of aromatic nitrogens is 1. The Labute approximate surface area is 92.2 Å². The zero-order valence-electron chi connectivity index (χ0n) is 8.22. The number of nitrogens with zero attached hydrogens (tertiary/aromatic N) is 3. The highest BCUT2D eigenvalue weighted by atomic mass is 32.1. The van der Waals surface area contributed by atoms with E-state index in [-0.39, 0.29) is 11.8 Å².